The van der Waals surface area contributed by atoms with Gasteiger partial charge in [0.05, 0.1) is 5.54 Å². The average molecular weight is 303 g/mol. The van der Waals surface area contributed by atoms with Crippen molar-refractivity contribution >= 4 is 35.6 Å². The van der Waals surface area contributed by atoms with Gasteiger partial charge in [-0.2, -0.15) is 0 Å². The van der Waals surface area contributed by atoms with Crippen molar-refractivity contribution in [2.45, 2.75) is 38.6 Å². The van der Waals surface area contributed by atoms with Crippen LogP contribution in [0.2, 0.25) is 5.02 Å². The number of hydrogen-bond acceptors (Lipinski definition) is 2. The van der Waals surface area contributed by atoms with Crippen molar-refractivity contribution in [1.29, 1.82) is 0 Å². The topological polar surface area (TPSA) is 41.1 Å². The molecule has 1 unspecified atom stereocenters. The van der Waals surface area contributed by atoms with E-state index in [-0.39, 0.29) is 18.3 Å². The van der Waals surface area contributed by atoms with Gasteiger partial charge in [0.1, 0.15) is 0 Å². The third-order valence-corrected chi connectivity index (χ3v) is 4.21. The third kappa shape index (κ3) is 3.22. The van der Waals surface area contributed by atoms with E-state index in [4.69, 9.17) is 11.6 Å². The molecule has 3 nitrogen and oxygen atoms in total. The minimum atomic E-state index is -0.408. The highest BCUT2D eigenvalue weighted by Crippen LogP contribution is 2.27. The number of rotatable bonds is 3. The summed E-state index contributed by atoms with van der Waals surface area (Å²) in [6.07, 6.45) is 2.75. The summed E-state index contributed by atoms with van der Waals surface area (Å²) in [5, 5.41) is 7.01. The first kappa shape index (κ1) is 16.3. The first-order valence-electron chi connectivity index (χ1n) is 6.40. The minimum Gasteiger partial charge on any atom is -0.324 e. The third-order valence-electron chi connectivity index (χ3n) is 3.80. The molecule has 1 aliphatic heterocycles. The van der Waals surface area contributed by atoms with Gasteiger partial charge in [0.2, 0.25) is 5.91 Å². The molecule has 0 aliphatic carbocycles. The number of nitrogens with one attached hydrogen (secondary N) is 2. The molecule has 106 valence electrons. The molecule has 1 saturated heterocycles. The van der Waals surface area contributed by atoms with Crippen molar-refractivity contribution in [2.75, 3.05) is 11.9 Å². The van der Waals surface area contributed by atoms with Crippen LogP contribution in [0.15, 0.2) is 18.2 Å². The minimum absolute atomic E-state index is 0. The van der Waals surface area contributed by atoms with E-state index in [0.29, 0.717) is 5.02 Å². The van der Waals surface area contributed by atoms with Gasteiger partial charge in [-0.1, -0.05) is 24.6 Å². The van der Waals surface area contributed by atoms with Gasteiger partial charge in [0, 0.05) is 10.7 Å². The van der Waals surface area contributed by atoms with Crippen LogP contribution in [-0.4, -0.2) is 18.0 Å². The van der Waals surface area contributed by atoms with Crippen molar-refractivity contribution in [1.82, 2.24) is 5.32 Å². The van der Waals surface area contributed by atoms with E-state index >= 15 is 0 Å². The molecular weight excluding hydrogens is 283 g/mol. The van der Waals surface area contributed by atoms with Gasteiger partial charge in [-0.25, -0.2) is 0 Å². The molecule has 0 saturated carbocycles. The van der Waals surface area contributed by atoms with E-state index in [1.165, 1.54) is 0 Å². The molecule has 19 heavy (non-hydrogen) atoms. The first-order valence-corrected chi connectivity index (χ1v) is 6.78. The van der Waals surface area contributed by atoms with Crippen molar-refractivity contribution in [3.63, 3.8) is 0 Å². The van der Waals surface area contributed by atoms with Crippen molar-refractivity contribution in [3.05, 3.63) is 28.8 Å². The summed E-state index contributed by atoms with van der Waals surface area (Å²) >= 11 is 6.06. The highest BCUT2D eigenvalue weighted by atomic mass is 35.5. The summed E-state index contributed by atoms with van der Waals surface area (Å²) in [6.45, 7) is 4.87. The number of amides is 1. The molecule has 0 bridgehead atoms. The number of benzene rings is 1. The lowest BCUT2D eigenvalue weighted by Gasteiger charge is -2.27. The lowest BCUT2D eigenvalue weighted by atomic mass is 9.93. The van der Waals surface area contributed by atoms with Crippen LogP contribution in [-0.2, 0) is 4.79 Å². The van der Waals surface area contributed by atoms with E-state index in [2.05, 4.69) is 10.6 Å². The maximum atomic E-state index is 12.4. The van der Waals surface area contributed by atoms with Gasteiger partial charge in [-0.05, 0) is 50.4 Å². The van der Waals surface area contributed by atoms with Crippen LogP contribution in [0.5, 0.6) is 0 Å². The zero-order chi connectivity index (χ0) is 13.2. The van der Waals surface area contributed by atoms with Crippen LogP contribution < -0.4 is 10.6 Å². The molecule has 1 heterocycles. The predicted molar refractivity (Wildman–Crippen MR) is 82.3 cm³/mol. The van der Waals surface area contributed by atoms with Crippen molar-refractivity contribution in [2.24, 2.45) is 0 Å². The molecule has 1 aromatic rings. The van der Waals surface area contributed by atoms with E-state index < -0.39 is 5.54 Å². The number of hydrogen-bond donors (Lipinski definition) is 2. The Morgan fingerprint density at radius 1 is 1.53 bits per heavy atom. The maximum Gasteiger partial charge on any atom is 0.244 e. The standard InChI is InChI=1S/C14H19ClN2O.ClH/c1-3-14(8-5-9-16-14)13(18)17-12-7-4-6-11(15)10(12)2;/h4,6-7,16H,3,5,8-9H2,1-2H3,(H,17,18);1H. The molecule has 1 aliphatic rings. The van der Waals surface area contributed by atoms with Crippen LogP contribution in [0.4, 0.5) is 5.69 Å². The quantitative estimate of drug-likeness (QED) is 0.896. The highest BCUT2D eigenvalue weighted by molar-refractivity contribution is 6.31. The summed E-state index contributed by atoms with van der Waals surface area (Å²) in [5.41, 5.74) is 1.31. The molecule has 0 aromatic heterocycles. The summed E-state index contributed by atoms with van der Waals surface area (Å²) in [7, 11) is 0. The Morgan fingerprint density at radius 2 is 2.26 bits per heavy atom. The summed E-state index contributed by atoms with van der Waals surface area (Å²) in [6, 6.07) is 5.57. The molecule has 2 rings (SSSR count). The van der Waals surface area contributed by atoms with E-state index in [0.717, 1.165) is 37.1 Å². The Kier molecular flexibility index (Phi) is 5.65. The Hall–Kier alpha value is -0.770. The van der Waals surface area contributed by atoms with Gasteiger partial charge in [-0.3, -0.25) is 4.79 Å². The Labute approximate surface area is 125 Å². The molecule has 2 N–H and O–H groups in total. The van der Waals surface area contributed by atoms with Crippen molar-refractivity contribution in [3.8, 4) is 0 Å². The fourth-order valence-corrected chi connectivity index (χ4v) is 2.62. The van der Waals surface area contributed by atoms with Crippen LogP contribution >= 0.6 is 24.0 Å². The van der Waals surface area contributed by atoms with Crippen LogP contribution in [0, 0.1) is 6.92 Å². The first-order chi connectivity index (χ1) is 8.59. The smallest absolute Gasteiger partial charge is 0.244 e. The normalized spacial score (nSPS) is 21.8. The van der Waals surface area contributed by atoms with E-state index in [1.54, 1.807) is 0 Å². The second-order valence-electron chi connectivity index (χ2n) is 4.83. The lowest BCUT2D eigenvalue weighted by Crippen LogP contribution is -2.50. The van der Waals surface area contributed by atoms with Crippen LogP contribution in [0.1, 0.15) is 31.7 Å². The van der Waals surface area contributed by atoms with E-state index in [1.807, 2.05) is 32.0 Å². The van der Waals surface area contributed by atoms with Gasteiger partial charge < -0.3 is 10.6 Å². The summed E-state index contributed by atoms with van der Waals surface area (Å²) in [5.74, 6) is 0.0490. The predicted octanol–water partition coefficient (Wildman–Crippen LogP) is 3.54. The fourth-order valence-electron chi connectivity index (χ4n) is 2.45. The number of carbonyl (C=O) groups is 1. The average Bonchev–Trinajstić information content (AvgIpc) is 2.85. The van der Waals surface area contributed by atoms with Gasteiger partial charge in [0.25, 0.3) is 0 Å². The molecule has 1 aromatic carbocycles. The Bertz CT molecular complexity index is 457. The fraction of sp³-hybridized carbons (Fsp3) is 0.500. The molecule has 0 radical (unpaired) electrons. The zero-order valence-corrected chi connectivity index (χ0v) is 12.8. The highest BCUT2D eigenvalue weighted by Gasteiger charge is 2.39. The Morgan fingerprint density at radius 3 is 2.84 bits per heavy atom. The van der Waals surface area contributed by atoms with Crippen LogP contribution in [0.3, 0.4) is 0 Å². The zero-order valence-electron chi connectivity index (χ0n) is 11.3. The number of halogens is 2. The van der Waals surface area contributed by atoms with Gasteiger partial charge in [0.15, 0.2) is 0 Å². The maximum absolute atomic E-state index is 12.4. The molecular formula is C14H20Cl2N2O. The summed E-state index contributed by atoms with van der Waals surface area (Å²) < 4.78 is 0. The second kappa shape index (κ2) is 6.60. The van der Waals surface area contributed by atoms with Crippen LogP contribution in [0.25, 0.3) is 0 Å². The largest absolute Gasteiger partial charge is 0.324 e. The summed E-state index contributed by atoms with van der Waals surface area (Å²) in [4.78, 5) is 12.4. The molecule has 1 amide bonds. The van der Waals surface area contributed by atoms with Gasteiger partial charge >= 0.3 is 0 Å². The molecule has 1 atom stereocenters. The van der Waals surface area contributed by atoms with Gasteiger partial charge in [-0.15, -0.1) is 12.4 Å². The lowest BCUT2D eigenvalue weighted by molar-refractivity contribution is -0.122. The number of anilines is 1. The monoisotopic (exact) mass is 302 g/mol. The van der Waals surface area contributed by atoms with Crippen molar-refractivity contribution < 1.29 is 4.79 Å². The number of carbonyl (C=O) groups excluding carboxylic acids is 1. The second-order valence-corrected chi connectivity index (χ2v) is 5.24. The SMILES string of the molecule is CCC1(C(=O)Nc2cccc(Cl)c2C)CCCN1.Cl. The Balaban J connectivity index is 0.00000180. The molecule has 1 fully saturated rings. The molecule has 0 spiro atoms. The molecule has 5 heteroatoms. The van der Waals surface area contributed by atoms with E-state index in [9.17, 15) is 4.79 Å².